The number of thiazole rings is 1. The molecule has 114 valence electrons. The van der Waals surface area contributed by atoms with Gasteiger partial charge in [0, 0.05) is 12.6 Å². The van der Waals surface area contributed by atoms with Gasteiger partial charge in [0.25, 0.3) is 5.91 Å². The minimum Gasteiger partial charge on any atom is -0.319 e. The first-order valence-corrected chi connectivity index (χ1v) is 7.98. The van der Waals surface area contributed by atoms with E-state index in [0.717, 1.165) is 10.2 Å². The van der Waals surface area contributed by atoms with E-state index in [9.17, 15) is 4.79 Å². The van der Waals surface area contributed by atoms with E-state index in [1.807, 2.05) is 17.7 Å². The van der Waals surface area contributed by atoms with Crippen molar-refractivity contribution in [1.29, 1.82) is 5.26 Å². The average Bonchev–Trinajstić information content (AvgIpc) is 2.88. The largest absolute Gasteiger partial charge is 0.319 e. The summed E-state index contributed by atoms with van der Waals surface area (Å²) in [4.78, 5) is 17.3. The number of aromatic nitrogens is 1. The first kappa shape index (κ1) is 15.2. The third-order valence-electron chi connectivity index (χ3n) is 3.95. The molecule has 0 fully saturated rings. The molecule has 1 heterocycles. The van der Waals surface area contributed by atoms with E-state index >= 15 is 0 Å². The van der Waals surface area contributed by atoms with Gasteiger partial charge in [-0.2, -0.15) is 10.3 Å². The maximum absolute atomic E-state index is 12.3. The van der Waals surface area contributed by atoms with Crippen molar-refractivity contribution < 1.29 is 4.79 Å². The first-order valence-electron chi connectivity index (χ1n) is 7.16. The van der Waals surface area contributed by atoms with Crippen molar-refractivity contribution >= 4 is 27.5 Å². The first-order chi connectivity index (χ1) is 11.0. The lowest BCUT2D eigenvalue weighted by molar-refractivity contribution is 0.0998. The normalized spacial score (nSPS) is 11.7. The molecule has 0 N–H and O–H groups in total. The number of hydrogen-bond donors (Lipinski definition) is 0. The van der Waals surface area contributed by atoms with Crippen LogP contribution in [-0.4, -0.2) is 10.5 Å². The molecule has 1 aromatic heterocycles. The number of rotatable bonds is 1. The quantitative estimate of drug-likeness (QED) is 0.689. The fraction of sp³-hybridized carbons (Fsp3) is 0.167. The molecule has 3 rings (SSSR count). The number of nitrogens with zero attached hydrogens (tertiary/aromatic N) is 3. The van der Waals surface area contributed by atoms with Gasteiger partial charge in [0.2, 0.25) is 0 Å². The summed E-state index contributed by atoms with van der Waals surface area (Å²) < 4.78 is 3.08. The highest BCUT2D eigenvalue weighted by Gasteiger charge is 2.10. The Labute approximate surface area is 138 Å². The molecule has 0 aliphatic rings. The number of nitriles is 1. The third-order valence-corrected chi connectivity index (χ3v) is 5.04. The minimum absolute atomic E-state index is 0.300. The van der Waals surface area contributed by atoms with Crippen molar-refractivity contribution in [2.24, 2.45) is 12.0 Å². The minimum atomic E-state index is -0.300. The van der Waals surface area contributed by atoms with E-state index in [0.29, 0.717) is 15.9 Å². The van der Waals surface area contributed by atoms with E-state index in [1.54, 1.807) is 24.3 Å². The van der Waals surface area contributed by atoms with Crippen LogP contribution in [0.3, 0.4) is 0 Å². The lowest BCUT2D eigenvalue weighted by Gasteiger charge is -2.03. The Bertz CT molecular complexity index is 1020. The van der Waals surface area contributed by atoms with Gasteiger partial charge in [-0.1, -0.05) is 17.4 Å². The predicted molar refractivity (Wildman–Crippen MR) is 91.3 cm³/mol. The van der Waals surface area contributed by atoms with Crippen LogP contribution < -0.4 is 4.80 Å². The highest BCUT2D eigenvalue weighted by molar-refractivity contribution is 7.16. The number of carbonyl (C=O) groups is 1. The number of amides is 1. The van der Waals surface area contributed by atoms with Gasteiger partial charge in [-0.3, -0.25) is 4.79 Å². The van der Waals surface area contributed by atoms with Crippen molar-refractivity contribution in [2.75, 3.05) is 0 Å². The van der Waals surface area contributed by atoms with E-state index < -0.39 is 0 Å². The Morgan fingerprint density at radius 1 is 1.17 bits per heavy atom. The van der Waals surface area contributed by atoms with Crippen molar-refractivity contribution in [3.05, 3.63) is 63.5 Å². The van der Waals surface area contributed by atoms with Crippen LogP contribution in [-0.2, 0) is 7.05 Å². The van der Waals surface area contributed by atoms with Gasteiger partial charge >= 0.3 is 0 Å². The number of aryl methyl sites for hydroxylation is 3. The molecule has 5 heteroatoms. The molecule has 3 aromatic rings. The maximum atomic E-state index is 12.3. The van der Waals surface area contributed by atoms with Crippen molar-refractivity contribution in [3.63, 3.8) is 0 Å². The van der Waals surface area contributed by atoms with E-state index in [4.69, 9.17) is 5.26 Å². The zero-order valence-electron chi connectivity index (χ0n) is 13.1. The van der Waals surface area contributed by atoms with Crippen LogP contribution in [0.5, 0.6) is 0 Å². The molecule has 4 nitrogen and oxygen atoms in total. The van der Waals surface area contributed by atoms with Crippen LogP contribution in [0.4, 0.5) is 0 Å². The Balaban J connectivity index is 2.10. The fourth-order valence-corrected chi connectivity index (χ4v) is 3.55. The van der Waals surface area contributed by atoms with Gasteiger partial charge in [0.1, 0.15) is 0 Å². The Kier molecular flexibility index (Phi) is 3.85. The van der Waals surface area contributed by atoms with Crippen LogP contribution in [0.15, 0.2) is 41.4 Å². The molecular formula is C18H15N3OS. The van der Waals surface area contributed by atoms with Crippen molar-refractivity contribution in [2.45, 2.75) is 13.8 Å². The lowest BCUT2D eigenvalue weighted by Crippen LogP contribution is -2.13. The van der Waals surface area contributed by atoms with Crippen molar-refractivity contribution in [1.82, 2.24) is 4.57 Å². The smallest absolute Gasteiger partial charge is 0.279 e. The maximum Gasteiger partial charge on any atom is 0.279 e. The van der Waals surface area contributed by atoms with Crippen LogP contribution in [0.1, 0.15) is 27.0 Å². The predicted octanol–water partition coefficient (Wildman–Crippen LogP) is 3.47. The number of hydrogen-bond acceptors (Lipinski definition) is 3. The summed E-state index contributed by atoms with van der Waals surface area (Å²) in [5.74, 6) is -0.300. The van der Waals surface area contributed by atoms with Crippen LogP contribution in [0, 0.1) is 25.2 Å². The Hall–Kier alpha value is -2.71. The summed E-state index contributed by atoms with van der Waals surface area (Å²) in [5.41, 5.74) is 4.54. The van der Waals surface area contributed by atoms with Gasteiger partial charge < -0.3 is 4.57 Å². The summed E-state index contributed by atoms with van der Waals surface area (Å²) in [6, 6.07) is 12.7. The summed E-state index contributed by atoms with van der Waals surface area (Å²) in [7, 11) is 1.93. The third kappa shape index (κ3) is 2.69. The molecule has 0 radical (unpaired) electrons. The summed E-state index contributed by atoms with van der Waals surface area (Å²) >= 11 is 1.50. The average molecular weight is 321 g/mol. The zero-order chi connectivity index (χ0) is 16.6. The highest BCUT2D eigenvalue weighted by atomic mass is 32.1. The molecule has 23 heavy (non-hydrogen) atoms. The second kappa shape index (κ2) is 5.82. The molecule has 0 bridgehead atoms. The molecule has 0 unspecified atom stereocenters. The van der Waals surface area contributed by atoms with E-state index in [2.05, 4.69) is 31.0 Å². The number of carbonyl (C=O) groups excluding carboxylic acids is 1. The number of fused-ring (bicyclic) bond motifs is 1. The highest BCUT2D eigenvalue weighted by Crippen LogP contribution is 2.23. The van der Waals surface area contributed by atoms with E-state index in [-0.39, 0.29) is 5.91 Å². The summed E-state index contributed by atoms with van der Waals surface area (Å²) in [6.45, 7) is 4.15. The molecule has 0 aliphatic carbocycles. The molecule has 0 spiro atoms. The molecule has 0 saturated carbocycles. The molecular weight excluding hydrogens is 306 g/mol. The zero-order valence-corrected chi connectivity index (χ0v) is 13.9. The fourth-order valence-electron chi connectivity index (χ4n) is 2.47. The second-order valence-corrected chi connectivity index (χ2v) is 6.41. The van der Waals surface area contributed by atoms with Crippen LogP contribution in [0.2, 0.25) is 0 Å². The van der Waals surface area contributed by atoms with Crippen molar-refractivity contribution in [3.8, 4) is 6.07 Å². The molecule has 0 atom stereocenters. The molecule has 0 saturated heterocycles. The lowest BCUT2D eigenvalue weighted by atomic mass is 10.1. The molecule has 2 aromatic carbocycles. The van der Waals surface area contributed by atoms with Gasteiger partial charge in [-0.15, -0.1) is 0 Å². The SMILES string of the molecule is Cc1ccc2sc(=NC(=O)c3ccc(C#N)cc3)n(C)c2c1C. The molecule has 0 aliphatic heterocycles. The van der Waals surface area contributed by atoms with Gasteiger partial charge in [-0.25, -0.2) is 0 Å². The van der Waals surface area contributed by atoms with Gasteiger partial charge in [0.05, 0.1) is 21.8 Å². The summed E-state index contributed by atoms with van der Waals surface area (Å²) in [6.07, 6.45) is 0. The topological polar surface area (TPSA) is 58.1 Å². The Morgan fingerprint density at radius 3 is 2.52 bits per heavy atom. The monoisotopic (exact) mass is 321 g/mol. The molecule has 1 amide bonds. The van der Waals surface area contributed by atoms with Gasteiger partial charge in [0.15, 0.2) is 4.80 Å². The standard InChI is InChI=1S/C18H15N3OS/c1-11-4-9-15-16(12(11)2)21(3)18(23-15)20-17(22)14-7-5-13(10-19)6-8-14/h4-9H,1-3H3. The van der Waals surface area contributed by atoms with Crippen LogP contribution in [0.25, 0.3) is 10.2 Å². The van der Waals surface area contributed by atoms with E-state index in [1.165, 1.54) is 22.5 Å². The second-order valence-electron chi connectivity index (χ2n) is 5.40. The van der Waals surface area contributed by atoms with Gasteiger partial charge in [-0.05, 0) is 55.3 Å². The summed E-state index contributed by atoms with van der Waals surface area (Å²) in [5, 5.41) is 8.81. The Morgan fingerprint density at radius 2 is 1.87 bits per heavy atom. The van der Waals surface area contributed by atoms with Crippen LogP contribution >= 0.6 is 11.3 Å². The number of benzene rings is 2.